The van der Waals surface area contributed by atoms with E-state index >= 15 is 0 Å². The van der Waals surface area contributed by atoms with Crippen molar-refractivity contribution in [3.05, 3.63) is 17.5 Å². The molecule has 2 atom stereocenters. The fourth-order valence-electron chi connectivity index (χ4n) is 2.94. The highest BCUT2D eigenvalue weighted by Crippen LogP contribution is 2.17. The van der Waals surface area contributed by atoms with Crippen molar-refractivity contribution >= 4 is 17.5 Å². The molecule has 7 heteroatoms. The van der Waals surface area contributed by atoms with Crippen LogP contribution in [0.5, 0.6) is 0 Å². The topological polar surface area (TPSA) is 55.5 Å². The molecule has 3 rings (SSSR count). The first kappa shape index (κ1) is 15.7. The molecule has 120 valence electrons. The average Bonchev–Trinajstić information content (AvgIpc) is 2.80. The minimum Gasteiger partial charge on any atom is -0.373 e. The lowest BCUT2D eigenvalue weighted by molar-refractivity contribution is -0.0661. The molecule has 1 fully saturated rings. The molecule has 0 aromatic carbocycles. The lowest BCUT2D eigenvalue weighted by Gasteiger charge is -2.35. The summed E-state index contributed by atoms with van der Waals surface area (Å²) in [7, 11) is 0. The number of morpholine rings is 1. The summed E-state index contributed by atoms with van der Waals surface area (Å²) in [5, 5.41) is 5.33. The van der Waals surface area contributed by atoms with E-state index in [-0.39, 0.29) is 0 Å². The molecule has 6 nitrogen and oxygen atoms in total. The predicted molar refractivity (Wildman–Crippen MR) is 87.4 cm³/mol. The van der Waals surface area contributed by atoms with Crippen LogP contribution in [0.1, 0.15) is 25.2 Å². The van der Waals surface area contributed by atoms with Crippen LogP contribution in [0.15, 0.2) is 11.2 Å². The van der Waals surface area contributed by atoms with Gasteiger partial charge in [0.05, 0.1) is 12.2 Å². The largest absolute Gasteiger partial charge is 0.373 e. The number of hydrogen-bond donors (Lipinski definition) is 0. The lowest BCUT2D eigenvalue weighted by Crippen LogP contribution is -2.46. The Kier molecular flexibility index (Phi) is 4.65. The van der Waals surface area contributed by atoms with Gasteiger partial charge in [-0.05, 0) is 33.8 Å². The van der Waals surface area contributed by atoms with Gasteiger partial charge in [-0.25, -0.2) is 9.50 Å². The van der Waals surface area contributed by atoms with Crippen LogP contribution in [-0.4, -0.2) is 62.1 Å². The smallest absolute Gasteiger partial charge is 0.253 e. The zero-order valence-electron chi connectivity index (χ0n) is 13.6. The second-order valence-electron chi connectivity index (χ2n) is 6.01. The molecular formula is C15H23N5OS. The van der Waals surface area contributed by atoms with Crippen molar-refractivity contribution in [1.29, 1.82) is 0 Å². The zero-order chi connectivity index (χ0) is 15.7. The van der Waals surface area contributed by atoms with Crippen LogP contribution in [0.2, 0.25) is 0 Å². The van der Waals surface area contributed by atoms with E-state index in [1.807, 2.05) is 24.4 Å². The summed E-state index contributed by atoms with van der Waals surface area (Å²) < 4.78 is 7.57. The molecule has 0 amide bonds. The number of ether oxygens (including phenoxy) is 1. The van der Waals surface area contributed by atoms with Crippen LogP contribution in [0.3, 0.4) is 0 Å². The highest BCUT2D eigenvalue weighted by Gasteiger charge is 2.21. The molecule has 0 radical (unpaired) electrons. The number of thioether (sulfide) groups is 1. The summed E-state index contributed by atoms with van der Waals surface area (Å²) in [4.78, 5) is 11.4. The van der Waals surface area contributed by atoms with Crippen LogP contribution in [0.25, 0.3) is 5.78 Å². The first-order valence-corrected chi connectivity index (χ1v) is 8.71. The molecule has 0 aliphatic carbocycles. The maximum atomic E-state index is 5.76. The third-order valence-electron chi connectivity index (χ3n) is 3.73. The molecule has 0 unspecified atom stereocenters. The second kappa shape index (κ2) is 6.52. The van der Waals surface area contributed by atoms with Gasteiger partial charge in [-0.1, -0.05) is 11.8 Å². The molecule has 1 aliphatic heterocycles. The minimum atomic E-state index is 0.317. The Labute approximate surface area is 135 Å². The normalized spacial score (nSPS) is 23.3. The standard InChI is InChI=1S/C15H23N5OS/c1-10-7-11(2)20-14(16-10)17-15(18-20)22-6-5-19-8-12(3)21-13(4)9-19/h7,12-13H,5-6,8-9H2,1-4H3/t12-,13-/m1/s1. The molecule has 22 heavy (non-hydrogen) atoms. The number of fused-ring (bicyclic) bond motifs is 1. The van der Waals surface area contributed by atoms with Crippen molar-refractivity contribution in [2.75, 3.05) is 25.4 Å². The molecule has 2 aromatic rings. The van der Waals surface area contributed by atoms with E-state index in [0.717, 1.165) is 41.9 Å². The third-order valence-corrected chi connectivity index (χ3v) is 4.55. The summed E-state index contributed by atoms with van der Waals surface area (Å²) in [5.74, 6) is 1.67. The van der Waals surface area contributed by atoms with Crippen molar-refractivity contribution in [2.24, 2.45) is 0 Å². The highest BCUT2D eigenvalue weighted by molar-refractivity contribution is 7.99. The maximum absolute atomic E-state index is 5.76. The number of nitrogens with zero attached hydrogens (tertiary/aromatic N) is 5. The van der Waals surface area contributed by atoms with Crippen LogP contribution in [0, 0.1) is 13.8 Å². The minimum absolute atomic E-state index is 0.317. The van der Waals surface area contributed by atoms with Crippen LogP contribution in [0.4, 0.5) is 0 Å². The Morgan fingerprint density at radius 1 is 1.23 bits per heavy atom. The fraction of sp³-hybridized carbons (Fsp3) is 0.667. The number of hydrogen-bond acceptors (Lipinski definition) is 6. The van der Waals surface area contributed by atoms with Gasteiger partial charge in [-0.3, -0.25) is 4.90 Å². The summed E-state index contributed by atoms with van der Waals surface area (Å²) >= 11 is 1.69. The summed E-state index contributed by atoms with van der Waals surface area (Å²) in [6, 6.07) is 2.02. The molecule has 0 spiro atoms. The third kappa shape index (κ3) is 3.59. The summed E-state index contributed by atoms with van der Waals surface area (Å²) in [6.45, 7) is 11.3. The van der Waals surface area contributed by atoms with E-state index < -0.39 is 0 Å². The molecular weight excluding hydrogens is 298 g/mol. The fourth-order valence-corrected chi connectivity index (χ4v) is 3.76. The predicted octanol–water partition coefficient (Wildman–Crippen LogP) is 1.94. The van der Waals surface area contributed by atoms with Gasteiger partial charge < -0.3 is 4.74 Å². The van der Waals surface area contributed by atoms with E-state index in [4.69, 9.17) is 4.74 Å². The van der Waals surface area contributed by atoms with Gasteiger partial charge >= 0.3 is 0 Å². The Balaban J connectivity index is 1.59. The Morgan fingerprint density at radius 2 is 1.95 bits per heavy atom. The summed E-state index contributed by atoms with van der Waals surface area (Å²) in [5.41, 5.74) is 2.04. The number of aromatic nitrogens is 4. The molecule has 2 aromatic heterocycles. The van der Waals surface area contributed by atoms with Gasteiger partial charge in [0.1, 0.15) is 0 Å². The Morgan fingerprint density at radius 3 is 2.68 bits per heavy atom. The van der Waals surface area contributed by atoms with Crippen molar-refractivity contribution in [2.45, 2.75) is 45.1 Å². The Hall–Kier alpha value is -1.18. The molecule has 0 saturated carbocycles. The van der Waals surface area contributed by atoms with Gasteiger partial charge in [0.25, 0.3) is 5.78 Å². The van der Waals surface area contributed by atoms with Gasteiger partial charge in [0.15, 0.2) is 0 Å². The van der Waals surface area contributed by atoms with E-state index in [0.29, 0.717) is 18.0 Å². The van der Waals surface area contributed by atoms with E-state index in [2.05, 4.69) is 33.8 Å². The first-order valence-electron chi connectivity index (χ1n) is 7.73. The summed E-state index contributed by atoms with van der Waals surface area (Å²) in [6.07, 6.45) is 0.633. The van der Waals surface area contributed by atoms with Gasteiger partial charge in [-0.15, -0.1) is 5.10 Å². The molecule has 0 N–H and O–H groups in total. The highest BCUT2D eigenvalue weighted by atomic mass is 32.2. The van der Waals surface area contributed by atoms with Crippen molar-refractivity contribution < 1.29 is 4.74 Å². The van der Waals surface area contributed by atoms with Crippen LogP contribution >= 0.6 is 11.8 Å². The monoisotopic (exact) mass is 321 g/mol. The van der Waals surface area contributed by atoms with Gasteiger partial charge in [0, 0.05) is 36.8 Å². The van der Waals surface area contributed by atoms with E-state index in [9.17, 15) is 0 Å². The van der Waals surface area contributed by atoms with Crippen molar-refractivity contribution in [1.82, 2.24) is 24.5 Å². The number of aryl methyl sites for hydroxylation is 2. The number of rotatable bonds is 4. The average molecular weight is 321 g/mol. The van der Waals surface area contributed by atoms with Crippen molar-refractivity contribution in [3.8, 4) is 0 Å². The maximum Gasteiger partial charge on any atom is 0.253 e. The van der Waals surface area contributed by atoms with Gasteiger partial charge in [0.2, 0.25) is 5.16 Å². The molecule has 1 saturated heterocycles. The van der Waals surface area contributed by atoms with E-state index in [1.165, 1.54) is 0 Å². The van der Waals surface area contributed by atoms with Crippen molar-refractivity contribution in [3.63, 3.8) is 0 Å². The molecule has 1 aliphatic rings. The first-order chi connectivity index (χ1) is 10.5. The lowest BCUT2D eigenvalue weighted by atomic mass is 10.2. The van der Waals surface area contributed by atoms with Crippen LogP contribution < -0.4 is 0 Å². The quantitative estimate of drug-likeness (QED) is 0.802. The van der Waals surface area contributed by atoms with Crippen LogP contribution in [-0.2, 0) is 4.74 Å². The Bertz CT molecular complexity index is 649. The van der Waals surface area contributed by atoms with E-state index in [1.54, 1.807) is 11.8 Å². The molecule has 3 heterocycles. The second-order valence-corrected chi connectivity index (χ2v) is 7.07. The van der Waals surface area contributed by atoms with Gasteiger partial charge in [-0.2, -0.15) is 4.98 Å². The SMILES string of the molecule is Cc1cc(C)n2nc(SCCN3C[C@@H](C)O[C@H](C)C3)nc2n1. The zero-order valence-corrected chi connectivity index (χ0v) is 14.4. The molecule has 0 bridgehead atoms.